The van der Waals surface area contributed by atoms with Crippen LogP contribution in [0, 0.1) is 5.92 Å². The highest BCUT2D eigenvalue weighted by atomic mass is 16.5. The van der Waals surface area contributed by atoms with E-state index in [0.29, 0.717) is 24.2 Å². The molecule has 0 aromatic carbocycles. The van der Waals surface area contributed by atoms with Crippen molar-refractivity contribution in [2.45, 2.75) is 38.6 Å². The van der Waals surface area contributed by atoms with E-state index < -0.39 is 17.9 Å². The van der Waals surface area contributed by atoms with Crippen molar-refractivity contribution in [3.8, 4) is 17.3 Å². The summed E-state index contributed by atoms with van der Waals surface area (Å²) in [4.78, 5) is 31.9. The molecule has 1 aliphatic carbocycles. The van der Waals surface area contributed by atoms with Crippen molar-refractivity contribution >= 4 is 11.9 Å². The summed E-state index contributed by atoms with van der Waals surface area (Å²) in [6.07, 6.45) is 2.90. The zero-order valence-electron chi connectivity index (χ0n) is 15.3. The third-order valence-electron chi connectivity index (χ3n) is 4.51. The highest BCUT2D eigenvalue weighted by Gasteiger charge is 2.26. The molecule has 0 fully saturated rings. The van der Waals surface area contributed by atoms with Gasteiger partial charge in [-0.3, -0.25) is 4.79 Å². The molecule has 10 heteroatoms. The number of aliphatic carboxylic acids is 1. The second-order valence-electron chi connectivity index (χ2n) is 6.82. The summed E-state index contributed by atoms with van der Waals surface area (Å²) in [6, 6.07) is 1.98. The lowest BCUT2D eigenvalue weighted by Crippen LogP contribution is -2.43. The number of hydrogen-bond acceptors (Lipinski definition) is 8. The van der Waals surface area contributed by atoms with E-state index in [1.54, 1.807) is 0 Å². The molecule has 28 heavy (non-hydrogen) atoms. The summed E-state index contributed by atoms with van der Waals surface area (Å²) < 4.78 is 5.11. The van der Waals surface area contributed by atoms with Crippen LogP contribution in [-0.4, -0.2) is 43.3 Å². The molecule has 1 amide bonds. The average molecular weight is 387 g/mol. The minimum atomic E-state index is -1.03. The van der Waals surface area contributed by atoms with Gasteiger partial charge in [0.1, 0.15) is 11.4 Å². The summed E-state index contributed by atoms with van der Waals surface area (Å²) in [6.45, 7) is 2.00. The Bertz CT molecular complexity index is 905. The first-order valence-electron chi connectivity index (χ1n) is 8.83. The van der Waals surface area contributed by atoms with Gasteiger partial charge in [-0.05, 0) is 37.3 Å². The number of rotatable bonds is 6. The molecule has 2 aromatic heterocycles. The number of aromatic nitrogens is 3. The Balaban J connectivity index is 1.66. The summed E-state index contributed by atoms with van der Waals surface area (Å²) in [5.41, 5.74) is 6.96. The largest absolute Gasteiger partial charge is 0.506 e. The first kappa shape index (κ1) is 19.5. The summed E-state index contributed by atoms with van der Waals surface area (Å²) in [5.74, 6) is -0.884. The monoisotopic (exact) mass is 387 g/mol. The number of carboxylic acid groups (broad SMARTS) is 1. The molecule has 148 valence electrons. The van der Waals surface area contributed by atoms with Gasteiger partial charge in [-0.25, -0.2) is 9.78 Å². The van der Waals surface area contributed by atoms with Crippen LogP contribution in [0.2, 0.25) is 0 Å². The van der Waals surface area contributed by atoms with Gasteiger partial charge >= 0.3 is 5.97 Å². The molecule has 3 rings (SSSR count). The van der Waals surface area contributed by atoms with Crippen LogP contribution >= 0.6 is 0 Å². The van der Waals surface area contributed by atoms with Crippen LogP contribution in [0.3, 0.4) is 0 Å². The van der Waals surface area contributed by atoms with E-state index in [2.05, 4.69) is 20.4 Å². The molecule has 0 bridgehead atoms. The highest BCUT2D eigenvalue weighted by molar-refractivity contribution is 5.90. The van der Waals surface area contributed by atoms with Crippen LogP contribution in [0.1, 0.15) is 32.1 Å². The Kier molecular flexibility index (Phi) is 5.69. The van der Waals surface area contributed by atoms with Gasteiger partial charge < -0.3 is 25.8 Å². The van der Waals surface area contributed by atoms with E-state index in [1.807, 2.05) is 6.92 Å². The number of hydrogen-bond donors (Lipinski definition) is 4. The molecule has 2 atom stereocenters. The van der Waals surface area contributed by atoms with Crippen molar-refractivity contribution in [2.75, 3.05) is 0 Å². The average Bonchev–Trinajstić information content (AvgIpc) is 3.10. The van der Waals surface area contributed by atoms with Gasteiger partial charge in [0.2, 0.25) is 17.6 Å². The van der Waals surface area contributed by atoms with E-state index in [9.17, 15) is 19.8 Å². The topological polar surface area (TPSA) is 164 Å². The van der Waals surface area contributed by atoms with Gasteiger partial charge in [-0.1, -0.05) is 12.1 Å². The number of carbonyl (C=O) groups excluding carboxylic acids is 1. The molecule has 0 aliphatic heterocycles. The maximum Gasteiger partial charge on any atom is 0.333 e. The van der Waals surface area contributed by atoms with Crippen LogP contribution < -0.4 is 11.1 Å². The Morgan fingerprint density at radius 3 is 2.89 bits per heavy atom. The normalized spacial score (nSPS) is 18.0. The lowest BCUT2D eigenvalue weighted by Gasteiger charge is -2.24. The predicted molar refractivity (Wildman–Crippen MR) is 96.7 cm³/mol. The van der Waals surface area contributed by atoms with Crippen molar-refractivity contribution in [1.82, 2.24) is 20.4 Å². The second-order valence-corrected chi connectivity index (χ2v) is 6.82. The van der Waals surface area contributed by atoms with Crippen LogP contribution in [0.4, 0.5) is 0 Å². The summed E-state index contributed by atoms with van der Waals surface area (Å²) >= 11 is 0. The van der Waals surface area contributed by atoms with E-state index >= 15 is 0 Å². The third kappa shape index (κ3) is 4.52. The number of allylic oxidation sites excluding steroid dienone is 1. The standard InChI is InChI=1S/C18H21N5O5/c1-9-2-4-11(18(26)27)14(6-9)21-17(25)12(19)7-15-22-16(23-28-15)13-5-3-10(24)8-20-13/h3,5,8-9,12,24H,2,4,6-7,19H2,1H3,(H,21,25)(H,26,27). The number of carboxylic acids is 1. The molecule has 5 N–H and O–H groups in total. The fourth-order valence-electron chi connectivity index (χ4n) is 2.96. The molecule has 0 saturated carbocycles. The van der Waals surface area contributed by atoms with Crippen molar-refractivity contribution in [1.29, 1.82) is 0 Å². The van der Waals surface area contributed by atoms with Gasteiger partial charge in [-0.2, -0.15) is 4.98 Å². The molecule has 2 aromatic rings. The van der Waals surface area contributed by atoms with Gasteiger partial charge in [0.25, 0.3) is 0 Å². The lowest BCUT2D eigenvalue weighted by molar-refractivity contribution is -0.133. The van der Waals surface area contributed by atoms with Crippen molar-refractivity contribution < 1.29 is 24.3 Å². The molecule has 2 unspecified atom stereocenters. The van der Waals surface area contributed by atoms with Gasteiger partial charge in [0.05, 0.1) is 24.2 Å². The number of amides is 1. The number of pyridine rings is 1. The molecule has 1 aliphatic rings. The van der Waals surface area contributed by atoms with Gasteiger partial charge in [0, 0.05) is 5.70 Å². The molecule has 2 heterocycles. The number of nitrogens with zero attached hydrogens (tertiary/aromatic N) is 3. The van der Waals surface area contributed by atoms with Crippen molar-refractivity contribution in [3.05, 3.63) is 35.5 Å². The third-order valence-corrected chi connectivity index (χ3v) is 4.51. The van der Waals surface area contributed by atoms with E-state index in [-0.39, 0.29) is 35.4 Å². The quantitative estimate of drug-likeness (QED) is 0.565. The second kappa shape index (κ2) is 8.17. The molecule has 0 radical (unpaired) electrons. The molecule has 10 nitrogen and oxygen atoms in total. The van der Waals surface area contributed by atoms with Crippen LogP contribution in [0.25, 0.3) is 11.5 Å². The van der Waals surface area contributed by atoms with Gasteiger partial charge in [-0.15, -0.1) is 0 Å². The van der Waals surface area contributed by atoms with Crippen LogP contribution in [0.15, 0.2) is 34.1 Å². The lowest BCUT2D eigenvalue weighted by atomic mass is 9.88. The Morgan fingerprint density at radius 1 is 1.43 bits per heavy atom. The minimum absolute atomic E-state index is 0.0118. The van der Waals surface area contributed by atoms with E-state index in [4.69, 9.17) is 10.3 Å². The first-order chi connectivity index (χ1) is 13.3. The maximum absolute atomic E-state index is 12.4. The SMILES string of the molecule is CC1CCC(C(=O)O)=C(NC(=O)C(N)Cc2nc(-c3ccc(O)cn3)no2)C1. The Morgan fingerprint density at radius 2 is 2.21 bits per heavy atom. The number of aromatic hydroxyl groups is 1. The fourth-order valence-corrected chi connectivity index (χ4v) is 2.96. The zero-order chi connectivity index (χ0) is 20.3. The maximum atomic E-state index is 12.4. The van der Waals surface area contributed by atoms with Gasteiger partial charge in [0.15, 0.2) is 0 Å². The predicted octanol–water partition coefficient (Wildman–Crippen LogP) is 0.982. The van der Waals surface area contributed by atoms with Crippen molar-refractivity contribution in [3.63, 3.8) is 0 Å². The fraction of sp³-hybridized carbons (Fsp3) is 0.389. The highest BCUT2D eigenvalue weighted by Crippen LogP contribution is 2.28. The zero-order valence-corrected chi connectivity index (χ0v) is 15.3. The Hall–Kier alpha value is -3.27. The van der Waals surface area contributed by atoms with Crippen LogP contribution in [0.5, 0.6) is 5.75 Å². The van der Waals surface area contributed by atoms with Crippen LogP contribution in [-0.2, 0) is 16.0 Å². The molecule has 0 spiro atoms. The minimum Gasteiger partial charge on any atom is -0.506 e. The number of nitrogens with one attached hydrogen (secondary N) is 1. The number of carbonyl (C=O) groups is 2. The molecular formula is C18H21N5O5. The Labute approximate surface area is 160 Å². The van der Waals surface area contributed by atoms with E-state index in [0.717, 1.165) is 6.42 Å². The summed E-state index contributed by atoms with van der Waals surface area (Å²) in [7, 11) is 0. The first-order valence-corrected chi connectivity index (χ1v) is 8.83. The molecule has 0 saturated heterocycles. The number of nitrogens with two attached hydrogens (primary N) is 1. The smallest absolute Gasteiger partial charge is 0.333 e. The molecular weight excluding hydrogens is 366 g/mol. The van der Waals surface area contributed by atoms with Crippen molar-refractivity contribution in [2.24, 2.45) is 11.7 Å². The van der Waals surface area contributed by atoms with E-state index in [1.165, 1.54) is 18.3 Å². The summed E-state index contributed by atoms with van der Waals surface area (Å²) in [5, 5.41) is 25.0.